The smallest absolute Gasteiger partial charge is 0.140 e. The first-order chi connectivity index (χ1) is 8.26. The van der Waals surface area contributed by atoms with Crippen molar-refractivity contribution in [3.8, 4) is 0 Å². The van der Waals surface area contributed by atoms with E-state index in [9.17, 15) is 0 Å². The zero-order chi connectivity index (χ0) is 12.5. The van der Waals surface area contributed by atoms with Crippen molar-refractivity contribution >= 4 is 17.6 Å². The van der Waals surface area contributed by atoms with Crippen LogP contribution in [0.15, 0.2) is 6.07 Å². The van der Waals surface area contributed by atoms with Crippen LogP contribution in [0.25, 0.3) is 0 Å². The standard InChI is InChI=1S/C13H23N3S/c1-4-6-7-8-17-10-13-15-11(3)9-12(16-13)14-5-2/h9H,4-8,10H2,1-3H3,(H,14,15,16). The molecule has 1 heterocycles. The highest BCUT2D eigenvalue weighted by Crippen LogP contribution is 2.14. The van der Waals surface area contributed by atoms with E-state index in [-0.39, 0.29) is 0 Å². The van der Waals surface area contributed by atoms with E-state index < -0.39 is 0 Å². The Morgan fingerprint density at radius 1 is 1.24 bits per heavy atom. The Kier molecular flexibility index (Phi) is 7.01. The first kappa shape index (κ1) is 14.3. The van der Waals surface area contributed by atoms with Crippen LogP contribution in [0, 0.1) is 6.92 Å². The van der Waals surface area contributed by atoms with Gasteiger partial charge in [0.05, 0.1) is 5.75 Å². The number of thioether (sulfide) groups is 1. The van der Waals surface area contributed by atoms with Crippen molar-refractivity contribution in [3.63, 3.8) is 0 Å². The molecule has 0 aliphatic heterocycles. The molecule has 1 aromatic heterocycles. The van der Waals surface area contributed by atoms with Crippen LogP contribution >= 0.6 is 11.8 Å². The van der Waals surface area contributed by atoms with Crippen LogP contribution in [-0.4, -0.2) is 22.3 Å². The van der Waals surface area contributed by atoms with Gasteiger partial charge >= 0.3 is 0 Å². The molecule has 1 N–H and O–H groups in total. The van der Waals surface area contributed by atoms with Gasteiger partial charge in [-0.3, -0.25) is 0 Å². The molecule has 1 rings (SSSR count). The molecule has 1 aromatic rings. The molecule has 0 radical (unpaired) electrons. The van der Waals surface area contributed by atoms with Crippen LogP contribution in [0.5, 0.6) is 0 Å². The summed E-state index contributed by atoms with van der Waals surface area (Å²) in [5.74, 6) is 4.03. The Hall–Kier alpha value is -0.770. The third kappa shape index (κ3) is 5.91. The minimum absolute atomic E-state index is 0.902. The number of nitrogens with zero attached hydrogens (tertiary/aromatic N) is 2. The lowest BCUT2D eigenvalue weighted by atomic mass is 10.3. The summed E-state index contributed by atoms with van der Waals surface area (Å²) in [6.45, 7) is 7.24. The van der Waals surface area contributed by atoms with Crippen molar-refractivity contribution in [2.45, 2.75) is 45.8 Å². The Balaban J connectivity index is 2.41. The molecule has 0 aliphatic carbocycles. The van der Waals surface area contributed by atoms with Gasteiger partial charge in [0, 0.05) is 18.3 Å². The summed E-state index contributed by atoms with van der Waals surface area (Å²) >= 11 is 1.93. The van der Waals surface area contributed by atoms with Crippen molar-refractivity contribution in [3.05, 3.63) is 17.6 Å². The molecule has 0 aromatic carbocycles. The lowest BCUT2D eigenvalue weighted by Gasteiger charge is -2.06. The minimum atomic E-state index is 0.902. The third-order valence-corrected chi connectivity index (χ3v) is 3.42. The van der Waals surface area contributed by atoms with Gasteiger partial charge in [-0.05, 0) is 26.0 Å². The van der Waals surface area contributed by atoms with E-state index in [0.29, 0.717) is 0 Å². The Labute approximate surface area is 109 Å². The second kappa shape index (κ2) is 8.34. The second-order valence-corrected chi connectivity index (χ2v) is 5.21. The normalized spacial score (nSPS) is 10.5. The molecule has 0 fully saturated rings. The van der Waals surface area contributed by atoms with Crippen LogP contribution in [-0.2, 0) is 5.75 Å². The summed E-state index contributed by atoms with van der Waals surface area (Å²) in [6.07, 6.45) is 3.91. The van der Waals surface area contributed by atoms with Gasteiger partial charge in [0.1, 0.15) is 11.6 Å². The topological polar surface area (TPSA) is 37.8 Å². The number of rotatable bonds is 8. The molecule has 0 saturated carbocycles. The maximum absolute atomic E-state index is 4.50. The molecule has 0 unspecified atom stereocenters. The van der Waals surface area contributed by atoms with Crippen molar-refractivity contribution < 1.29 is 0 Å². The summed E-state index contributed by atoms with van der Waals surface area (Å²) in [5.41, 5.74) is 1.04. The van der Waals surface area contributed by atoms with Crippen molar-refractivity contribution in [1.82, 2.24) is 9.97 Å². The van der Waals surface area contributed by atoms with Crippen LogP contribution in [0.2, 0.25) is 0 Å². The number of hydrogen-bond acceptors (Lipinski definition) is 4. The van der Waals surface area contributed by atoms with E-state index >= 15 is 0 Å². The predicted molar refractivity (Wildman–Crippen MR) is 76.6 cm³/mol. The largest absolute Gasteiger partial charge is 0.370 e. The van der Waals surface area contributed by atoms with Crippen LogP contribution in [0.3, 0.4) is 0 Å². The monoisotopic (exact) mass is 253 g/mol. The van der Waals surface area contributed by atoms with Gasteiger partial charge in [-0.15, -0.1) is 0 Å². The minimum Gasteiger partial charge on any atom is -0.370 e. The first-order valence-electron chi connectivity index (χ1n) is 6.42. The second-order valence-electron chi connectivity index (χ2n) is 4.10. The zero-order valence-electron chi connectivity index (χ0n) is 11.1. The number of aromatic nitrogens is 2. The summed E-state index contributed by atoms with van der Waals surface area (Å²) in [4.78, 5) is 8.96. The molecule has 0 spiro atoms. The van der Waals surface area contributed by atoms with E-state index in [1.54, 1.807) is 0 Å². The summed E-state index contributed by atoms with van der Waals surface area (Å²) in [7, 11) is 0. The fraction of sp³-hybridized carbons (Fsp3) is 0.692. The van der Waals surface area contributed by atoms with Gasteiger partial charge in [0.2, 0.25) is 0 Å². The summed E-state index contributed by atoms with van der Waals surface area (Å²) < 4.78 is 0. The molecule has 17 heavy (non-hydrogen) atoms. The van der Waals surface area contributed by atoms with E-state index in [2.05, 4.69) is 29.1 Å². The molecule has 4 heteroatoms. The zero-order valence-corrected chi connectivity index (χ0v) is 11.9. The molecular formula is C13H23N3S. The van der Waals surface area contributed by atoms with Crippen LogP contribution < -0.4 is 5.32 Å². The van der Waals surface area contributed by atoms with Crippen molar-refractivity contribution in [2.75, 3.05) is 17.6 Å². The average Bonchev–Trinajstić information content (AvgIpc) is 2.28. The van der Waals surface area contributed by atoms with E-state index in [1.165, 1.54) is 25.0 Å². The van der Waals surface area contributed by atoms with Gasteiger partial charge in [-0.1, -0.05) is 19.8 Å². The molecule has 96 valence electrons. The number of aryl methyl sites for hydroxylation is 1. The number of anilines is 1. The number of unbranched alkanes of at least 4 members (excludes halogenated alkanes) is 2. The van der Waals surface area contributed by atoms with Crippen molar-refractivity contribution in [2.24, 2.45) is 0 Å². The van der Waals surface area contributed by atoms with E-state index in [0.717, 1.165) is 29.6 Å². The lowest BCUT2D eigenvalue weighted by Crippen LogP contribution is -2.04. The maximum Gasteiger partial charge on any atom is 0.140 e. The van der Waals surface area contributed by atoms with E-state index in [1.807, 2.05) is 24.8 Å². The number of hydrogen-bond donors (Lipinski definition) is 1. The van der Waals surface area contributed by atoms with Gasteiger partial charge in [-0.2, -0.15) is 11.8 Å². The van der Waals surface area contributed by atoms with Crippen LogP contribution in [0.4, 0.5) is 5.82 Å². The van der Waals surface area contributed by atoms with Gasteiger partial charge in [-0.25, -0.2) is 9.97 Å². The average molecular weight is 253 g/mol. The molecule has 3 nitrogen and oxygen atoms in total. The van der Waals surface area contributed by atoms with E-state index in [4.69, 9.17) is 0 Å². The van der Waals surface area contributed by atoms with Crippen molar-refractivity contribution in [1.29, 1.82) is 0 Å². The summed E-state index contributed by atoms with van der Waals surface area (Å²) in [5, 5.41) is 3.24. The fourth-order valence-corrected chi connectivity index (χ4v) is 2.45. The molecule has 0 bridgehead atoms. The Morgan fingerprint density at radius 3 is 2.76 bits per heavy atom. The third-order valence-electron chi connectivity index (χ3n) is 2.38. The Bertz CT molecular complexity index is 328. The van der Waals surface area contributed by atoms with Gasteiger partial charge in [0.25, 0.3) is 0 Å². The number of nitrogens with one attached hydrogen (secondary N) is 1. The van der Waals surface area contributed by atoms with Gasteiger partial charge < -0.3 is 5.32 Å². The molecule has 0 atom stereocenters. The molecule has 0 saturated heterocycles. The SMILES string of the molecule is CCCCCSCc1nc(C)cc(NCC)n1. The van der Waals surface area contributed by atoms with Gasteiger partial charge in [0.15, 0.2) is 0 Å². The quantitative estimate of drug-likeness (QED) is 0.718. The Morgan fingerprint density at radius 2 is 2.06 bits per heavy atom. The summed E-state index contributed by atoms with van der Waals surface area (Å²) in [6, 6.07) is 1.99. The highest BCUT2D eigenvalue weighted by Gasteiger charge is 2.01. The molecule has 0 amide bonds. The lowest BCUT2D eigenvalue weighted by molar-refractivity contribution is 0.778. The maximum atomic E-state index is 4.50. The van der Waals surface area contributed by atoms with Crippen LogP contribution in [0.1, 0.15) is 44.6 Å². The highest BCUT2D eigenvalue weighted by atomic mass is 32.2. The predicted octanol–water partition coefficient (Wildman–Crippen LogP) is 3.64. The molecular weight excluding hydrogens is 230 g/mol. The first-order valence-corrected chi connectivity index (χ1v) is 7.58. The molecule has 0 aliphatic rings. The fourth-order valence-electron chi connectivity index (χ4n) is 1.58. The highest BCUT2D eigenvalue weighted by molar-refractivity contribution is 7.98.